The average Bonchev–Trinajstić information content (AvgIpc) is 3.29. The highest BCUT2D eigenvalue weighted by atomic mass is 32.2. The molecule has 0 amide bonds. The fourth-order valence-corrected chi connectivity index (χ4v) is 5.39. The second kappa shape index (κ2) is 6.51. The first-order valence-electron chi connectivity index (χ1n) is 8.80. The smallest absolute Gasteiger partial charge is 0.183 e. The summed E-state index contributed by atoms with van der Waals surface area (Å²) in [6.07, 6.45) is 3.40. The highest BCUT2D eigenvalue weighted by molar-refractivity contribution is 7.91. The Hall–Kier alpha value is -2.19. The van der Waals surface area contributed by atoms with Crippen molar-refractivity contribution in [2.75, 3.05) is 25.1 Å². The summed E-state index contributed by atoms with van der Waals surface area (Å²) in [4.78, 5) is 10.1. The van der Waals surface area contributed by atoms with Crippen LogP contribution in [-0.2, 0) is 23.3 Å². The monoisotopic (exact) mass is 373 g/mol. The lowest BCUT2D eigenvalue weighted by Crippen LogP contribution is -2.34. The van der Waals surface area contributed by atoms with Gasteiger partial charge < -0.3 is 9.88 Å². The summed E-state index contributed by atoms with van der Waals surface area (Å²) >= 11 is 0. The molecule has 0 saturated carbocycles. The predicted molar refractivity (Wildman–Crippen MR) is 102 cm³/mol. The molecule has 1 aliphatic rings. The maximum atomic E-state index is 11.7. The van der Waals surface area contributed by atoms with Crippen molar-refractivity contribution in [2.45, 2.75) is 18.9 Å². The van der Waals surface area contributed by atoms with Crippen molar-refractivity contribution in [1.82, 2.24) is 24.6 Å². The van der Waals surface area contributed by atoms with Gasteiger partial charge in [-0.1, -0.05) is 18.2 Å². The standard InChI is InChI=1S/C18H23N5O2S/c1-22(13-8-10-26(24,25)12-13)9-7-17-20-18(21-23(17)2)15-11-19-16-6-4-3-5-14(15)16/h3-6,11,13,19H,7-10,12H2,1-2H3. The lowest BCUT2D eigenvalue weighted by molar-refractivity contribution is 0.262. The van der Waals surface area contributed by atoms with Crippen LogP contribution in [0.5, 0.6) is 0 Å². The molecule has 1 aromatic carbocycles. The van der Waals surface area contributed by atoms with Crippen LogP contribution in [0, 0.1) is 0 Å². The summed E-state index contributed by atoms with van der Waals surface area (Å²) in [5.74, 6) is 2.18. The number of para-hydroxylation sites is 1. The second-order valence-corrected chi connectivity index (χ2v) is 9.24. The topological polar surface area (TPSA) is 83.9 Å². The molecular weight excluding hydrogens is 350 g/mol. The van der Waals surface area contributed by atoms with Gasteiger partial charge in [0.1, 0.15) is 5.82 Å². The Bertz CT molecular complexity index is 1040. The molecule has 1 saturated heterocycles. The van der Waals surface area contributed by atoms with Crippen molar-refractivity contribution in [3.05, 3.63) is 36.3 Å². The minimum absolute atomic E-state index is 0.112. The molecule has 0 bridgehead atoms. The summed E-state index contributed by atoms with van der Waals surface area (Å²) < 4.78 is 25.1. The Balaban J connectivity index is 1.49. The van der Waals surface area contributed by atoms with Crippen molar-refractivity contribution in [3.8, 4) is 11.4 Å². The van der Waals surface area contributed by atoms with Crippen LogP contribution in [-0.4, -0.2) is 64.2 Å². The molecule has 0 spiro atoms. The van der Waals surface area contributed by atoms with Crippen LogP contribution in [0.4, 0.5) is 0 Å². The van der Waals surface area contributed by atoms with E-state index < -0.39 is 9.84 Å². The molecule has 2 aromatic heterocycles. The number of hydrogen-bond donors (Lipinski definition) is 1. The SMILES string of the molecule is CN(CCc1nc(-c2c[nH]c3ccccc23)nn1C)C1CCS(=O)(=O)C1. The molecule has 7 nitrogen and oxygen atoms in total. The first-order chi connectivity index (χ1) is 12.4. The van der Waals surface area contributed by atoms with Crippen molar-refractivity contribution < 1.29 is 8.42 Å². The van der Waals surface area contributed by atoms with E-state index in [2.05, 4.69) is 21.0 Å². The maximum Gasteiger partial charge on any atom is 0.183 e. The number of H-pyrrole nitrogens is 1. The summed E-state index contributed by atoms with van der Waals surface area (Å²) in [5.41, 5.74) is 2.07. The van der Waals surface area contributed by atoms with Gasteiger partial charge in [-0.3, -0.25) is 4.68 Å². The molecule has 3 aromatic rings. The number of likely N-dealkylation sites (N-methyl/N-ethyl adjacent to an activating group) is 1. The van der Waals surface area contributed by atoms with Crippen LogP contribution in [0.15, 0.2) is 30.5 Å². The first-order valence-corrected chi connectivity index (χ1v) is 10.6. The summed E-state index contributed by atoms with van der Waals surface area (Å²) in [6, 6.07) is 8.22. The Morgan fingerprint density at radius 3 is 2.92 bits per heavy atom. The number of nitrogens with one attached hydrogen (secondary N) is 1. The minimum Gasteiger partial charge on any atom is -0.360 e. The number of benzene rings is 1. The van der Waals surface area contributed by atoms with Gasteiger partial charge in [-0.15, -0.1) is 0 Å². The van der Waals surface area contributed by atoms with Crippen LogP contribution < -0.4 is 0 Å². The number of aromatic nitrogens is 4. The number of hydrogen-bond acceptors (Lipinski definition) is 5. The van der Waals surface area contributed by atoms with Gasteiger partial charge in [0.2, 0.25) is 0 Å². The third-order valence-corrected chi connectivity index (χ3v) is 6.95. The van der Waals surface area contributed by atoms with Crippen LogP contribution >= 0.6 is 0 Å². The third kappa shape index (κ3) is 3.26. The van der Waals surface area contributed by atoms with Crippen molar-refractivity contribution >= 4 is 20.7 Å². The summed E-state index contributed by atoms with van der Waals surface area (Å²) in [6.45, 7) is 0.764. The van der Waals surface area contributed by atoms with Crippen molar-refractivity contribution in [1.29, 1.82) is 0 Å². The van der Waals surface area contributed by atoms with Crippen molar-refractivity contribution in [3.63, 3.8) is 0 Å². The lowest BCUT2D eigenvalue weighted by atomic mass is 10.2. The quantitative estimate of drug-likeness (QED) is 0.735. The molecule has 0 aliphatic carbocycles. The predicted octanol–water partition coefficient (Wildman–Crippen LogP) is 1.62. The van der Waals surface area contributed by atoms with Gasteiger partial charge in [0.25, 0.3) is 0 Å². The molecule has 1 aliphatic heterocycles. The second-order valence-electron chi connectivity index (χ2n) is 7.01. The van der Waals surface area contributed by atoms with E-state index in [1.54, 1.807) is 0 Å². The number of rotatable bonds is 5. The van der Waals surface area contributed by atoms with E-state index in [0.717, 1.165) is 41.7 Å². The van der Waals surface area contributed by atoms with E-state index in [1.165, 1.54) is 0 Å². The van der Waals surface area contributed by atoms with E-state index in [1.807, 2.05) is 43.2 Å². The Morgan fingerprint density at radius 1 is 1.35 bits per heavy atom. The average molecular weight is 373 g/mol. The van der Waals surface area contributed by atoms with Crippen LogP contribution in [0.25, 0.3) is 22.3 Å². The minimum atomic E-state index is -2.86. The zero-order valence-corrected chi connectivity index (χ0v) is 15.8. The summed E-state index contributed by atoms with van der Waals surface area (Å²) in [7, 11) is 1.04. The van der Waals surface area contributed by atoms with E-state index in [9.17, 15) is 8.42 Å². The Morgan fingerprint density at radius 2 is 2.15 bits per heavy atom. The lowest BCUT2D eigenvalue weighted by Gasteiger charge is -2.22. The Labute approximate surface area is 153 Å². The highest BCUT2D eigenvalue weighted by Crippen LogP contribution is 2.26. The number of sulfone groups is 1. The molecule has 0 radical (unpaired) electrons. The normalized spacial score (nSPS) is 19.6. The fourth-order valence-electron chi connectivity index (χ4n) is 3.59. The van der Waals surface area contributed by atoms with Gasteiger partial charge in [0.15, 0.2) is 15.7 Å². The largest absolute Gasteiger partial charge is 0.360 e. The number of fused-ring (bicyclic) bond motifs is 1. The molecule has 1 atom stereocenters. The molecule has 3 heterocycles. The molecular formula is C18H23N5O2S. The molecule has 26 heavy (non-hydrogen) atoms. The molecule has 8 heteroatoms. The zero-order valence-electron chi connectivity index (χ0n) is 15.0. The molecule has 4 rings (SSSR count). The fraction of sp³-hybridized carbons (Fsp3) is 0.444. The molecule has 1 N–H and O–H groups in total. The van der Waals surface area contributed by atoms with E-state index in [4.69, 9.17) is 4.98 Å². The van der Waals surface area contributed by atoms with E-state index in [-0.39, 0.29) is 11.8 Å². The van der Waals surface area contributed by atoms with Gasteiger partial charge in [-0.05, 0) is 19.5 Å². The zero-order chi connectivity index (χ0) is 18.3. The maximum absolute atomic E-state index is 11.7. The molecule has 1 unspecified atom stereocenters. The summed E-state index contributed by atoms with van der Waals surface area (Å²) in [5, 5.41) is 5.68. The van der Waals surface area contributed by atoms with Gasteiger partial charge >= 0.3 is 0 Å². The number of aromatic amines is 1. The van der Waals surface area contributed by atoms with Gasteiger partial charge in [0.05, 0.1) is 11.5 Å². The van der Waals surface area contributed by atoms with Crippen LogP contribution in [0.2, 0.25) is 0 Å². The van der Waals surface area contributed by atoms with Gasteiger partial charge in [0, 0.05) is 48.7 Å². The van der Waals surface area contributed by atoms with Crippen LogP contribution in [0.3, 0.4) is 0 Å². The molecule has 138 valence electrons. The Kier molecular flexibility index (Phi) is 4.32. The van der Waals surface area contributed by atoms with E-state index >= 15 is 0 Å². The highest BCUT2D eigenvalue weighted by Gasteiger charge is 2.30. The van der Waals surface area contributed by atoms with Crippen molar-refractivity contribution in [2.24, 2.45) is 7.05 Å². The van der Waals surface area contributed by atoms with E-state index in [0.29, 0.717) is 11.6 Å². The number of aryl methyl sites for hydroxylation is 1. The third-order valence-electron chi connectivity index (χ3n) is 5.20. The van der Waals surface area contributed by atoms with Gasteiger partial charge in [-0.2, -0.15) is 5.10 Å². The van der Waals surface area contributed by atoms with Crippen LogP contribution in [0.1, 0.15) is 12.2 Å². The molecule has 1 fully saturated rings. The number of nitrogens with zero attached hydrogens (tertiary/aromatic N) is 4. The first kappa shape index (κ1) is 17.2. The van der Waals surface area contributed by atoms with Gasteiger partial charge in [-0.25, -0.2) is 13.4 Å².